The van der Waals surface area contributed by atoms with Crippen LogP contribution in [0.5, 0.6) is 0 Å². The van der Waals surface area contributed by atoms with Crippen molar-refractivity contribution in [3.05, 3.63) is 12.7 Å². The van der Waals surface area contributed by atoms with Crippen molar-refractivity contribution in [2.45, 2.75) is 26.4 Å². The minimum absolute atomic E-state index is 0.564. The molecule has 0 spiro atoms. The molecule has 1 heterocycles. The Balaban J connectivity index is 2.06. The monoisotopic (exact) mass is 211 g/mol. The number of likely N-dealkylation sites (N-methyl/N-ethyl adjacent to an activating group) is 1. The molecule has 5 heteroatoms. The average Bonchev–Trinajstić information content (AvgIpc) is 2.66. The van der Waals surface area contributed by atoms with Crippen LogP contribution in [-0.2, 0) is 6.54 Å². The summed E-state index contributed by atoms with van der Waals surface area (Å²) in [6.07, 6.45) is 3.32. The molecule has 0 aromatic carbocycles. The first-order valence-corrected chi connectivity index (χ1v) is 5.43. The van der Waals surface area contributed by atoms with E-state index in [1.54, 1.807) is 12.7 Å². The second kappa shape index (κ2) is 6.53. The van der Waals surface area contributed by atoms with Gasteiger partial charge in [0.15, 0.2) is 0 Å². The molecule has 0 saturated carbocycles. The van der Waals surface area contributed by atoms with Gasteiger partial charge in [0.05, 0.1) is 6.54 Å². The van der Waals surface area contributed by atoms with E-state index in [4.69, 9.17) is 0 Å². The van der Waals surface area contributed by atoms with Crippen LogP contribution in [0.15, 0.2) is 12.7 Å². The summed E-state index contributed by atoms with van der Waals surface area (Å²) in [6, 6.07) is 0.564. The van der Waals surface area contributed by atoms with E-state index in [1.807, 2.05) is 4.68 Å². The van der Waals surface area contributed by atoms with E-state index in [0.29, 0.717) is 6.04 Å². The molecule has 5 nitrogen and oxygen atoms in total. The first kappa shape index (κ1) is 12.1. The van der Waals surface area contributed by atoms with Crippen molar-refractivity contribution in [1.82, 2.24) is 25.0 Å². The molecule has 0 unspecified atom stereocenters. The van der Waals surface area contributed by atoms with Crippen LogP contribution in [0.25, 0.3) is 0 Å². The maximum Gasteiger partial charge on any atom is 0.137 e. The lowest BCUT2D eigenvalue weighted by Gasteiger charge is -2.17. The summed E-state index contributed by atoms with van der Waals surface area (Å²) in [4.78, 5) is 6.20. The molecule has 0 radical (unpaired) electrons. The van der Waals surface area contributed by atoms with E-state index in [2.05, 4.69) is 41.2 Å². The molecular weight excluding hydrogens is 190 g/mol. The predicted octanol–water partition coefficient (Wildman–Crippen LogP) is 0.208. The Morgan fingerprint density at radius 2 is 2.20 bits per heavy atom. The Kier molecular flexibility index (Phi) is 5.28. The summed E-state index contributed by atoms with van der Waals surface area (Å²) >= 11 is 0. The molecule has 0 aliphatic carbocycles. The third kappa shape index (κ3) is 5.49. The van der Waals surface area contributed by atoms with E-state index in [1.165, 1.54) is 0 Å². The van der Waals surface area contributed by atoms with Crippen LogP contribution in [0.4, 0.5) is 0 Å². The lowest BCUT2D eigenvalue weighted by molar-refractivity contribution is 0.307. The van der Waals surface area contributed by atoms with Crippen molar-refractivity contribution in [2.24, 2.45) is 0 Å². The lowest BCUT2D eigenvalue weighted by atomic mass is 10.4. The van der Waals surface area contributed by atoms with Gasteiger partial charge >= 0.3 is 0 Å². The molecule has 0 saturated heterocycles. The molecule has 0 fully saturated rings. The molecular formula is C10H21N5. The summed E-state index contributed by atoms with van der Waals surface area (Å²) < 4.78 is 1.85. The van der Waals surface area contributed by atoms with Gasteiger partial charge in [0, 0.05) is 25.7 Å². The minimum atomic E-state index is 0.564. The Labute approximate surface area is 91.5 Å². The van der Waals surface area contributed by atoms with Crippen molar-refractivity contribution in [3.63, 3.8) is 0 Å². The predicted molar refractivity (Wildman–Crippen MR) is 60.7 cm³/mol. The number of hydrogen-bond acceptors (Lipinski definition) is 4. The molecule has 0 bridgehead atoms. The van der Waals surface area contributed by atoms with Crippen molar-refractivity contribution in [1.29, 1.82) is 0 Å². The normalized spacial score (nSPS) is 11.5. The standard InChI is InChI=1S/C10H21N5/c1-10(2)12-4-5-14(3)6-7-15-9-11-8-13-15/h8-10,12H,4-7H2,1-3H3. The minimum Gasteiger partial charge on any atom is -0.313 e. The average molecular weight is 211 g/mol. The van der Waals surface area contributed by atoms with Crippen molar-refractivity contribution in [3.8, 4) is 0 Å². The SMILES string of the molecule is CC(C)NCCN(C)CCn1cncn1. The van der Waals surface area contributed by atoms with Gasteiger partial charge in [-0.15, -0.1) is 0 Å². The topological polar surface area (TPSA) is 46.0 Å². The van der Waals surface area contributed by atoms with Gasteiger partial charge in [-0.2, -0.15) is 5.10 Å². The lowest BCUT2D eigenvalue weighted by Crippen LogP contribution is -2.34. The largest absolute Gasteiger partial charge is 0.313 e. The zero-order valence-electron chi connectivity index (χ0n) is 9.85. The zero-order chi connectivity index (χ0) is 11.1. The Hall–Kier alpha value is -0.940. The molecule has 1 N–H and O–H groups in total. The molecule has 1 aromatic rings. The van der Waals surface area contributed by atoms with Gasteiger partial charge in [-0.25, -0.2) is 4.98 Å². The van der Waals surface area contributed by atoms with Gasteiger partial charge in [-0.05, 0) is 7.05 Å². The number of nitrogens with zero attached hydrogens (tertiary/aromatic N) is 4. The Bertz CT molecular complexity index is 244. The number of nitrogens with one attached hydrogen (secondary N) is 1. The highest BCUT2D eigenvalue weighted by molar-refractivity contribution is 4.60. The number of hydrogen-bond donors (Lipinski definition) is 1. The summed E-state index contributed by atoms with van der Waals surface area (Å²) in [5, 5.41) is 7.45. The summed E-state index contributed by atoms with van der Waals surface area (Å²) in [6.45, 7) is 8.32. The maximum absolute atomic E-state index is 4.06. The summed E-state index contributed by atoms with van der Waals surface area (Å²) in [5.41, 5.74) is 0. The van der Waals surface area contributed by atoms with Crippen molar-refractivity contribution >= 4 is 0 Å². The first-order chi connectivity index (χ1) is 7.18. The smallest absolute Gasteiger partial charge is 0.137 e. The van der Waals surface area contributed by atoms with Crippen LogP contribution in [0, 0.1) is 0 Å². The van der Waals surface area contributed by atoms with E-state index in [0.717, 1.165) is 26.2 Å². The van der Waals surface area contributed by atoms with Gasteiger partial charge in [0.25, 0.3) is 0 Å². The van der Waals surface area contributed by atoms with Crippen LogP contribution in [0.1, 0.15) is 13.8 Å². The van der Waals surface area contributed by atoms with Gasteiger partial charge in [0.2, 0.25) is 0 Å². The van der Waals surface area contributed by atoms with Crippen molar-refractivity contribution in [2.75, 3.05) is 26.7 Å². The molecule has 15 heavy (non-hydrogen) atoms. The van der Waals surface area contributed by atoms with Crippen molar-refractivity contribution < 1.29 is 0 Å². The highest BCUT2D eigenvalue weighted by atomic mass is 15.3. The number of rotatable bonds is 7. The van der Waals surface area contributed by atoms with Gasteiger partial charge in [-0.3, -0.25) is 4.68 Å². The Morgan fingerprint density at radius 3 is 2.80 bits per heavy atom. The van der Waals surface area contributed by atoms with Crippen LogP contribution in [0.2, 0.25) is 0 Å². The Morgan fingerprint density at radius 1 is 1.40 bits per heavy atom. The molecule has 0 amide bonds. The van der Waals surface area contributed by atoms with E-state index >= 15 is 0 Å². The highest BCUT2D eigenvalue weighted by Crippen LogP contribution is 1.86. The molecule has 86 valence electrons. The zero-order valence-corrected chi connectivity index (χ0v) is 9.85. The highest BCUT2D eigenvalue weighted by Gasteiger charge is 1.99. The van der Waals surface area contributed by atoms with E-state index < -0.39 is 0 Å². The fraction of sp³-hybridized carbons (Fsp3) is 0.800. The van der Waals surface area contributed by atoms with Crippen LogP contribution < -0.4 is 5.32 Å². The fourth-order valence-corrected chi connectivity index (χ4v) is 1.28. The fourth-order valence-electron chi connectivity index (χ4n) is 1.28. The summed E-state index contributed by atoms with van der Waals surface area (Å²) in [5.74, 6) is 0. The van der Waals surface area contributed by atoms with Gasteiger partial charge in [-0.1, -0.05) is 13.8 Å². The van der Waals surface area contributed by atoms with Crippen LogP contribution in [-0.4, -0.2) is 52.4 Å². The maximum atomic E-state index is 4.06. The van der Waals surface area contributed by atoms with E-state index in [9.17, 15) is 0 Å². The second-order valence-corrected chi connectivity index (χ2v) is 4.07. The van der Waals surface area contributed by atoms with Crippen LogP contribution >= 0.6 is 0 Å². The van der Waals surface area contributed by atoms with Gasteiger partial charge in [0.1, 0.15) is 12.7 Å². The van der Waals surface area contributed by atoms with Crippen LogP contribution in [0.3, 0.4) is 0 Å². The number of aromatic nitrogens is 3. The molecule has 0 aliphatic rings. The molecule has 0 aliphatic heterocycles. The quantitative estimate of drug-likeness (QED) is 0.700. The molecule has 1 aromatic heterocycles. The second-order valence-electron chi connectivity index (χ2n) is 4.07. The molecule has 0 atom stereocenters. The van der Waals surface area contributed by atoms with E-state index in [-0.39, 0.29) is 0 Å². The summed E-state index contributed by atoms with van der Waals surface area (Å²) in [7, 11) is 2.12. The molecule has 1 rings (SSSR count). The van der Waals surface area contributed by atoms with Gasteiger partial charge < -0.3 is 10.2 Å². The third-order valence-corrected chi connectivity index (χ3v) is 2.22. The first-order valence-electron chi connectivity index (χ1n) is 5.43. The third-order valence-electron chi connectivity index (χ3n) is 2.22.